The largest absolute Gasteiger partial charge is 0.396 e. The zero-order valence-electron chi connectivity index (χ0n) is 7.46. The van der Waals surface area contributed by atoms with E-state index in [0.29, 0.717) is 12.5 Å². The van der Waals surface area contributed by atoms with Crippen LogP contribution in [0.5, 0.6) is 0 Å². The van der Waals surface area contributed by atoms with Crippen molar-refractivity contribution in [2.45, 2.75) is 26.7 Å². The second kappa shape index (κ2) is 2.48. The molecular weight excluding hydrogens is 136 g/mol. The Hall–Kier alpha value is -0.0400. The van der Waals surface area contributed by atoms with Gasteiger partial charge in [0.2, 0.25) is 0 Å². The third-order valence-electron chi connectivity index (χ3n) is 4.27. The summed E-state index contributed by atoms with van der Waals surface area (Å²) < 4.78 is 0. The summed E-state index contributed by atoms with van der Waals surface area (Å²) in [4.78, 5) is 0. The molecule has 0 aromatic carbocycles. The van der Waals surface area contributed by atoms with Crippen LogP contribution in [0.15, 0.2) is 0 Å². The first-order valence-electron chi connectivity index (χ1n) is 4.85. The SMILES string of the molecule is CC1C2CC(CO)C(C2)C1C. The maximum absolute atomic E-state index is 9.09. The minimum absolute atomic E-state index is 0.429. The van der Waals surface area contributed by atoms with Gasteiger partial charge in [-0.1, -0.05) is 13.8 Å². The molecular formula is C10H18O. The molecule has 0 heterocycles. The molecule has 1 N–H and O–H groups in total. The molecule has 64 valence electrons. The maximum atomic E-state index is 9.09. The van der Waals surface area contributed by atoms with Crippen LogP contribution < -0.4 is 0 Å². The zero-order valence-corrected chi connectivity index (χ0v) is 7.46. The molecule has 11 heavy (non-hydrogen) atoms. The van der Waals surface area contributed by atoms with Crippen molar-refractivity contribution in [2.24, 2.45) is 29.6 Å². The standard InChI is InChI=1S/C10H18O/c1-6-7(2)10-4-8(6)3-9(10)5-11/h6-11H,3-5H2,1-2H3. The van der Waals surface area contributed by atoms with E-state index in [1.165, 1.54) is 12.8 Å². The first kappa shape index (κ1) is 7.60. The second-order valence-electron chi connectivity index (χ2n) is 4.56. The van der Waals surface area contributed by atoms with Crippen molar-refractivity contribution in [3.63, 3.8) is 0 Å². The fourth-order valence-electron chi connectivity index (χ4n) is 3.30. The van der Waals surface area contributed by atoms with Crippen LogP contribution in [-0.2, 0) is 0 Å². The molecule has 0 amide bonds. The fourth-order valence-corrected chi connectivity index (χ4v) is 3.30. The van der Waals surface area contributed by atoms with Gasteiger partial charge in [-0.2, -0.15) is 0 Å². The Labute approximate surface area is 68.8 Å². The van der Waals surface area contributed by atoms with E-state index in [4.69, 9.17) is 5.11 Å². The Morgan fingerprint density at radius 3 is 2.36 bits per heavy atom. The average Bonchev–Trinajstić information content (AvgIpc) is 2.53. The van der Waals surface area contributed by atoms with Gasteiger partial charge in [0.05, 0.1) is 0 Å². The van der Waals surface area contributed by atoms with Gasteiger partial charge >= 0.3 is 0 Å². The molecule has 0 spiro atoms. The van der Waals surface area contributed by atoms with E-state index in [-0.39, 0.29) is 0 Å². The van der Waals surface area contributed by atoms with Gasteiger partial charge in [-0.25, -0.2) is 0 Å². The third-order valence-corrected chi connectivity index (χ3v) is 4.27. The van der Waals surface area contributed by atoms with Gasteiger partial charge in [0.25, 0.3) is 0 Å². The van der Waals surface area contributed by atoms with E-state index < -0.39 is 0 Å². The summed E-state index contributed by atoms with van der Waals surface area (Å²) in [6, 6.07) is 0. The van der Waals surface area contributed by atoms with Gasteiger partial charge in [0.1, 0.15) is 0 Å². The molecule has 5 atom stereocenters. The predicted molar refractivity (Wildman–Crippen MR) is 45.1 cm³/mol. The highest BCUT2D eigenvalue weighted by atomic mass is 16.3. The van der Waals surface area contributed by atoms with Crippen LogP contribution in [0.2, 0.25) is 0 Å². The van der Waals surface area contributed by atoms with Crippen LogP contribution in [0.25, 0.3) is 0 Å². The molecule has 2 saturated carbocycles. The lowest BCUT2D eigenvalue weighted by molar-refractivity contribution is 0.121. The summed E-state index contributed by atoms with van der Waals surface area (Å²) in [5.41, 5.74) is 0. The predicted octanol–water partition coefficient (Wildman–Crippen LogP) is 1.91. The fraction of sp³-hybridized carbons (Fsp3) is 1.00. The number of aliphatic hydroxyl groups excluding tert-OH is 1. The lowest BCUT2D eigenvalue weighted by Crippen LogP contribution is -2.26. The van der Waals surface area contributed by atoms with Crippen LogP contribution in [0.4, 0.5) is 0 Å². The highest BCUT2D eigenvalue weighted by Crippen LogP contribution is 2.54. The molecule has 2 bridgehead atoms. The van der Waals surface area contributed by atoms with E-state index in [0.717, 1.165) is 23.7 Å². The van der Waals surface area contributed by atoms with Crippen LogP contribution >= 0.6 is 0 Å². The smallest absolute Gasteiger partial charge is 0.0462 e. The highest BCUT2D eigenvalue weighted by molar-refractivity contribution is 4.97. The van der Waals surface area contributed by atoms with Gasteiger partial charge in [-0.3, -0.25) is 0 Å². The van der Waals surface area contributed by atoms with Crippen molar-refractivity contribution in [2.75, 3.05) is 6.61 Å². The molecule has 1 heteroatoms. The number of aliphatic hydroxyl groups is 1. The molecule has 0 aromatic rings. The van der Waals surface area contributed by atoms with Crippen molar-refractivity contribution < 1.29 is 5.11 Å². The van der Waals surface area contributed by atoms with Gasteiger partial charge in [-0.05, 0) is 42.4 Å². The summed E-state index contributed by atoms with van der Waals surface area (Å²) >= 11 is 0. The normalized spacial score (nSPS) is 55.4. The van der Waals surface area contributed by atoms with Crippen molar-refractivity contribution in [1.29, 1.82) is 0 Å². The summed E-state index contributed by atoms with van der Waals surface area (Å²) in [7, 11) is 0. The molecule has 0 radical (unpaired) electrons. The minimum Gasteiger partial charge on any atom is -0.396 e. The summed E-state index contributed by atoms with van der Waals surface area (Å²) in [5.74, 6) is 4.21. The molecule has 2 aliphatic rings. The molecule has 0 aromatic heterocycles. The number of rotatable bonds is 1. The van der Waals surface area contributed by atoms with Gasteiger partial charge < -0.3 is 5.11 Å². The number of hydrogen-bond donors (Lipinski definition) is 1. The van der Waals surface area contributed by atoms with Crippen LogP contribution in [0.1, 0.15) is 26.7 Å². The van der Waals surface area contributed by atoms with Crippen LogP contribution in [0, 0.1) is 29.6 Å². The quantitative estimate of drug-likeness (QED) is 0.611. The monoisotopic (exact) mass is 154 g/mol. The highest BCUT2D eigenvalue weighted by Gasteiger charge is 2.47. The lowest BCUT2D eigenvalue weighted by Gasteiger charge is -2.30. The van der Waals surface area contributed by atoms with Crippen LogP contribution in [-0.4, -0.2) is 11.7 Å². The maximum Gasteiger partial charge on any atom is 0.0462 e. The molecule has 2 fully saturated rings. The summed E-state index contributed by atoms with van der Waals surface area (Å²) in [6.07, 6.45) is 2.69. The van der Waals surface area contributed by atoms with Gasteiger partial charge in [0, 0.05) is 6.61 Å². The van der Waals surface area contributed by atoms with Crippen molar-refractivity contribution in [1.82, 2.24) is 0 Å². The average molecular weight is 154 g/mol. The first-order valence-corrected chi connectivity index (χ1v) is 4.85. The Morgan fingerprint density at radius 2 is 1.91 bits per heavy atom. The molecule has 1 nitrogen and oxygen atoms in total. The van der Waals surface area contributed by atoms with E-state index in [2.05, 4.69) is 13.8 Å². The van der Waals surface area contributed by atoms with E-state index in [9.17, 15) is 0 Å². The number of fused-ring (bicyclic) bond motifs is 2. The van der Waals surface area contributed by atoms with Crippen LogP contribution in [0.3, 0.4) is 0 Å². The lowest BCUT2D eigenvalue weighted by atomic mass is 9.76. The Bertz CT molecular complexity index is 149. The molecule has 2 aliphatic carbocycles. The van der Waals surface area contributed by atoms with Crippen molar-refractivity contribution in [3.05, 3.63) is 0 Å². The van der Waals surface area contributed by atoms with Crippen molar-refractivity contribution in [3.8, 4) is 0 Å². The molecule has 0 saturated heterocycles. The molecule has 0 aliphatic heterocycles. The second-order valence-corrected chi connectivity index (χ2v) is 4.56. The van der Waals surface area contributed by atoms with E-state index >= 15 is 0 Å². The van der Waals surface area contributed by atoms with Gasteiger partial charge in [-0.15, -0.1) is 0 Å². The topological polar surface area (TPSA) is 20.2 Å². The zero-order chi connectivity index (χ0) is 8.01. The number of hydrogen-bond acceptors (Lipinski definition) is 1. The van der Waals surface area contributed by atoms with Gasteiger partial charge in [0.15, 0.2) is 0 Å². The minimum atomic E-state index is 0.429. The third kappa shape index (κ3) is 0.936. The van der Waals surface area contributed by atoms with E-state index in [1.54, 1.807) is 0 Å². The summed E-state index contributed by atoms with van der Waals surface area (Å²) in [6.45, 7) is 5.16. The Kier molecular flexibility index (Phi) is 1.71. The first-order chi connectivity index (χ1) is 5.24. The van der Waals surface area contributed by atoms with E-state index in [1.807, 2.05) is 0 Å². The molecule has 2 rings (SSSR count). The van der Waals surface area contributed by atoms with Crippen molar-refractivity contribution >= 4 is 0 Å². The molecule has 5 unspecified atom stereocenters. The Morgan fingerprint density at radius 1 is 1.18 bits per heavy atom. The summed E-state index contributed by atoms with van der Waals surface area (Å²) in [5, 5.41) is 9.09. The Balaban J connectivity index is 2.10.